The third-order valence-electron chi connectivity index (χ3n) is 3.43. The van der Waals surface area contributed by atoms with Crippen LogP contribution in [0.4, 0.5) is 0 Å². The second-order valence-corrected chi connectivity index (χ2v) is 5.98. The molecule has 2 aromatic rings. The Morgan fingerprint density at radius 2 is 2.05 bits per heavy atom. The van der Waals surface area contributed by atoms with Gasteiger partial charge in [0.1, 0.15) is 5.76 Å². The van der Waals surface area contributed by atoms with Crippen molar-refractivity contribution in [1.29, 1.82) is 0 Å². The van der Waals surface area contributed by atoms with Gasteiger partial charge in [-0.25, -0.2) is 0 Å². The van der Waals surface area contributed by atoms with E-state index in [0.29, 0.717) is 18.1 Å². The van der Waals surface area contributed by atoms with Crippen molar-refractivity contribution in [3.05, 3.63) is 52.4 Å². The van der Waals surface area contributed by atoms with Crippen molar-refractivity contribution in [2.45, 2.75) is 32.8 Å². The number of carbonyl (C=O) groups is 1. The van der Waals surface area contributed by atoms with E-state index in [2.05, 4.69) is 10.5 Å². The Morgan fingerprint density at radius 3 is 2.68 bits per heavy atom. The highest BCUT2D eigenvalue weighted by atomic mass is 32.2. The van der Waals surface area contributed by atoms with Crippen LogP contribution < -0.4 is 5.32 Å². The van der Waals surface area contributed by atoms with E-state index < -0.39 is 0 Å². The Balaban J connectivity index is 1.77. The third kappa shape index (κ3) is 4.35. The number of benzene rings is 1. The monoisotopic (exact) mass is 320 g/mol. The fourth-order valence-corrected chi connectivity index (χ4v) is 3.09. The van der Waals surface area contributed by atoms with Gasteiger partial charge in [-0.05, 0) is 25.0 Å². The topological polar surface area (TPSA) is 75.4 Å². The first kappa shape index (κ1) is 16.6. The minimum absolute atomic E-state index is 0.0210. The largest absolute Gasteiger partial charge is 0.392 e. The van der Waals surface area contributed by atoms with Crippen molar-refractivity contribution < 1.29 is 14.4 Å². The Labute approximate surface area is 134 Å². The molecule has 1 heterocycles. The van der Waals surface area contributed by atoms with Crippen LogP contribution in [0.25, 0.3) is 0 Å². The maximum absolute atomic E-state index is 11.9. The Bertz CT molecular complexity index is 621. The molecule has 0 atom stereocenters. The molecule has 0 spiro atoms. The van der Waals surface area contributed by atoms with Crippen molar-refractivity contribution in [2.75, 3.05) is 5.75 Å². The molecular weight excluding hydrogens is 300 g/mol. The molecule has 2 rings (SSSR count). The number of aliphatic hydroxyl groups excluding tert-OH is 1. The highest BCUT2D eigenvalue weighted by Crippen LogP contribution is 2.19. The van der Waals surface area contributed by atoms with E-state index in [1.165, 1.54) is 11.8 Å². The first-order valence-corrected chi connectivity index (χ1v) is 8.21. The van der Waals surface area contributed by atoms with E-state index in [0.717, 1.165) is 28.1 Å². The zero-order valence-corrected chi connectivity index (χ0v) is 13.6. The number of aryl methyl sites for hydroxylation is 2. The van der Waals surface area contributed by atoms with Crippen LogP contribution in [-0.4, -0.2) is 21.9 Å². The van der Waals surface area contributed by atoms with Crippen LogP contribution in [0.5, 0.6) is 0 Å². The van der Waals surface area contributed by atoms with Gasteiger partial charge in [0.05, 0.1) is 18.1 Å². The molecule has 1 aromatic heterocycles. The molecule has 0 aliphatic heterocycles. The van der Waals surface area contributed by atoms with Crippen molar-refractivity contribution in [2.24, 2.45) is 0 Å². The summed E-state index contributed by atoms with van der Waals surface area (Å²) >= 11 is 1.53. The lowest BCUT2D eigenvalue weighted by molar-refractivity contribution is -0.118. The summed E-state index contributed by atoms with van der Waals surface area (Å²) in [5.41, 5.74) is 3.71. The maximum atomic E-state index is 11.9. The number of aliphatic hydroxyl groups is 1. The number of nitrogens with zero attached hydrogens (tertiary/aromatic N) is 1. The standard InChI is InChI=1S/C16H20N2O3S/c1-11-15(12(2)21-18-11)9-22-10-16(20)17-7-13-5-3-4-6-14(13)8-19/h3-6,19H,7-10H2,1-2H3,(H,17,20). The molecule has 1 amide bonds. The fraction of sp³-hybridized carbons (Fsp3) is 0.375. The zero-order valence-electron chi connectivity index (χ0n) is 12.8. The molecular formula is C16H20N2O3S. The van der Waals surface area contributed by atoms with Crippen molar-refractivity contribution >= 4 is 17.7 Å². The zero-order chi connectivity index (χ0) is 15.9. The molecule has 2 N–H and O–H groups in total. The first-order chi connectivity index (χ1) is 10.6. The summed E-state index contributed by atoms with van der Waals surface area (Å²) in [5, 5.41) is 16.0. The second-order valence-electron chi connectivity index (χ2n) is 5.00. The fourth-order valence-electron chi connectivity index (χ4n) is 2.08. The summed E-state index contributed by atoms with van der Waals surface area (Å²) in [7, 11) is 0. The smallest absolute Gasteiger partial charge is 0.230 e. The number of rotatable bonds is 7. The predicted molar refractivity (Wildman–Crippen MR) is 86.4 cm³/mol. The number of amides is 1. The van der Waals surface area contributed by atoms with Crippen LogP contribution in [0.15, 0.2) is 28.8 Å². The van der Waals surface area contributed by atoms with Gasteiger partial charge in [-0.2, -0.15) is 0 Å². The van der Waals surface area contributed by atoms with Gasteiger partial charge in [0, 0.05) is 17.9 Å². The maximum Gasteiger partial charge on any atom is 0.230 e. The number of aromatic nitrogens is 1. The molecule has 0 unspecified atom stereocenters. The highest BCUT2D eigenvalue weighted by molar-refractivity contribution is 7.99. The second kappa shape index (κ2) is 8.00. The minimum Gasteiger partial charge on any atom is -0.392 e. The van der Waals surface area contributed by atoms with Crippen LogP contribution in [0, 0.1) is 13.8 Å². The average molecular weight is 320 g/mol. The molecule has 1 aromatic carbocycles. The average Bonchev–Trinajstić information content (AvgIpc) is 2.85. The Morgan fingerprint density at radius 1 is 1.32 bits per heavy atom. The number of carbonyl (C=O) groups excluding carboxylic acids is 1. The van der Waals surface area contributed by atoms with Gasteiger partial charge in [-0.15, -0.1) is 11.8 Å². The summed E-state index contributed by atoms with van der Waals surface area (Å²) < 4.78 is 5.10. The lowest BCUT2D eigenvalue weighted by Crippen LogP contribution is -2.25. The SMILES string of the molecule is Cc1noc(C)c1CSCC(=O)NCc1ccccc1CO. The minimum atomic E-state index is -0.0236. The Hall–Kier alpha value is -1.79. The van der Waals surface area contributed by atoms with Gasteiger partial charge >= 0.3 is 0 Å². The van der Waals surface area contributed by atoms with Gasteiger partial charge in [0.2, 0.25) is 5.91 Å². The van der Waals surface area contributed by atoms with E-state index in [1.54, 1.807) is 0 Å². The number of thioether (sulfide) groups is 1. The van der Waals surface area contributed by atoms with Crippen molar-refractivity contribution in [3.63, 3.8) is 0 Å². The number of nitrogens with one attached hydrogen (secondary N) is 1. The predicted octanol–water partition coefficient (Wildman–Crippen LogP) is 2.33. The first-order valence-electron chi connectivity index (χ1n) is 7.05. The summed E-state index contributed by atoms with van der Waals surface area (Å²) in [6, 6.07) is 7.53. The third-order valence-corrected chi connectivity index (χ3v) is 4.38. The number of hydrogen-bond donors (Lipinski definition) is 2. The van der Waals surface area contributed by atoms with Gasteiger partial charge < -0.3 is 14.9 Å². The van der Waals surface area contributed by atoms with E-state index in [1.807, 2.05) is 38.1 Å². The lowest BCUT2D eigenvalue weighted by atomic mass is 10.1. The molecule has 0 bridgehead atoms. The van der Waals surface area contributed by atoms with Gasteiger partial charge in [-0.3, -0.25) is 4.79 Å². The van der Waals surface area contributed by atoms with Crippen LogP contribution in [-0.2, 0) is 23.7 Å². The molecule has 0 saturated carbocycles. The van der Waals surface area contributed by atoms with Gasteiger partial charge in [0.25, 0.3) is 0 Å². The molecule has 0 aliphatic rings. The molecule has 0 saturated heterocycles. The summed E-state index contributed by atoms with van der Waals surface area (Å²) in [6.07, 6.45) is 0. The van der Waals surface area contributed by atoms with E-state index in [9.17, 15) is 9.90 Å². The normalized spacial score (nSPS) is 10.7. The van der Waals surface area contributed by atoms with E-state index >= 15 is 0 Å². The number of hydrogen-bond acceptors (Lipinski definition) is 5. The van der Waals surface area contributed by atoms with Crippen molar-refractivity contribution in [3.8, 4) is 0 Å². The Kier molecular flexibility index (Phi) is 6.03. The van der Waals surface area contributed by atoms with Crippen molar-refractivity contribution in [1.82, 2.24) is 10.5 Å². The summed E-state index contributed by atoms with van der Waals surface area (Å²) in [6.45, 7) is 4.19. The van der Waals surface area contributed by atoms with Crippen LogP contribution in [0.3, 0.4) is 0 Å². The summed E-state index contributed by atoms with van der Waals surface area (Å²) in [4.78, 5) is 11.9. The molecule has 5 nitrogen and oxygen atoms in total. The van der Waals surface area contributed by atoms with E-state index in [4.69, 9.17) is 4.52 Å². The van der Waals surface area contributed by atoms with Crippen LogP contribution in [0.1, 0.15) is 28.1 Å². The lowest BCUT2D eigenvalue weighted by Gasteiger charge is -2.09. The quantitative estimate of drug-likeness (QED) is 0.819. The highest BCUT2D eigenvalue weighted by Gasteiger charge is 2.10. The molecule has 22 heavy (non-hydrogen) atoms. The van der Waals surface area contributed by atoms with E-state index in [-0.39, 0.29) is 12.5 Å². The van der Waals surface area contributed by atoms with Gasteiger partial charge in [-0.1, -0.05) is 29.4 Å². The molecule has 6 heteroatoms. The molecule has 0 fully saturated rings. The summed E-state index contributed by atoms with van der Waals surface area (Å²) in [5.74, 6) is 1.87. The molecule has 0 radical (unpaired) electrons. The van der Waals surface area contributed by atoms with Crippen LogP contribution >= 0.6 is 11.8 Å². The van der Waals surface area contributed by atoms with Crippen LogP contribution in [0.2, 0.25) is 0 Å². The van der Waals surface area contributed by atoms with Gasteiger partial charge in [0.15, 0.2) is 0 Å². The molecule has 118 valence electrons. The molecule has 0 aliphatic carbocycles.